The van der Waals surface area contributed by atoms with E-state index in [-0.39, 0.29) is 17.8 Å². The molecule has 1 aliphatic heterocycles. The van der Waals surface area contributed by atoms with Crippen LogP contribution in [0.15, 0.2) is 54.6 Å². The van der Waals surface area contributed by atoms with E-state index >= 15 is 0 Å². The fraction of sp³-hybridized carbons (Fsp3) is 0.238. The summed E-state index contributed by atoms with van der Waals surface area (Å²) in [6, 6.07) is 16.0. The normalized spacial score (nSPS) is 16.8. The molecule has 1 aliphatic rings. The number of fused-ring (bicyclic) bond motifs is 1. The molecule has 5 heteroatoms. The summed E-state index contributed by atoms with van der Waals surface area (Å²) in [4.78, 5) is 18.9. The van der Waals surface area contributed by atoms with Crippen LogP contribution in [0.2, 0.25) is 0 Å². The molecule has 1 aromatic heterocycles. The van der Waals surface area contributed by atoms with Crippen molar-refractivity contribution in [3.63, 3.8) is 0 Å². The van der Waals surface area contributed by atoms with Gasteiger partial charge in [0.1, 0.15) is 5.82 Å². The summed E-state index contributed by atoms with van der Waals surface area (Å²) in [6.45, 7) is 3.27. The molecule has 1 unspecified atom stereocenters. The van der Waals surface area contributed by atoms with Crippen LogP contribution in [0, 0.1) is 12.7 Å². The van der Waals surface area contributed by atoms with Gasteiger partial charge in [-0.15, -0.1) is 0 Å². The molecule has 1 N–H and O–H groups in total. The van der Waals surface area contributed by atoms with Gasteiger partial charge in [0.25, 0.3) is 5.91 Å². The summed E-state index contributed by atoms with van der Waals surface area (Å²) in [6.07, 6.45) is 0.858. The molecule has 2 heterocycles. The zero-order chi connectivity index (χ0) is 18.1. The van der Waals surface area contributed by atoms with E-state index in [1.807, 2.05) is 48.2 Å². The number of pyridine rings is 1. The molecule has 4 rings (SSSR count). The lowest BCUT2D eigenvalue weighted by Gasteiger charge is -2.19. The van der Waals surface area contributed by atoms with Crippen molar-refractivity contribution in [2.45, 2.75) is 19.4 Å². The van der Waals surface area contributed by atoms with E-state index in [1.165, 1.54) is 12.1 Å². The number of carbonyl (C=O) groups is 1. The van der Waals surface area contributed by atoms with E-state index in [1.54, 1.807) is 6.07 Å². The zero-order valence-electron chi connectivity index (χ0n) is 14.6. The summed E-state index contributed by atoms with van der Waals surface area (Å²) in [7, 11) is 0. The maximum Gasteiger partial charge on any atom is 0.253 e. The quantitative estimate of drug-likeness (QED) is 0.777. The number of nitrogens with zero attached hydrogens (tertiary/aromatic N) is 2. The number of hydrogen-bond donors (Lipinski definition) is 1. The molecule has 26 heavy (non-hydrogen) atoms. The SMILES string of the molecule is Cc1cc(NC2CCN(C(=O)c3ccccc3)C2)c2cc(F)ccc2n1. The largest absolute Gasteiger partial charge is 0.380 e. The molecule has 1 fully saturated rings. The van der Waals surface area contributed by atoms with Gasteiger partial charge < -0.3 is 10.2 Å². The van der Waals surface area contributed by atoms with Crippen molar-refractivity contribution in [2.24, 2.45) is 0 Å². The van der Waals surface area contributed by atoms with E-state index in [9.17, 15) is 9.18 Å². The maximum absolute atomic E-state index is 13.7. The third-order valence-corrected chi connectivity index (χ3v) is 4.75. The molecule has 0 aliphatic carbocycles. The van der Waals surface area contributed by atoms with Crippen LogP contribution >= 0.6 is 0 Å². The number of anilines is 1. The lowest BCUT2D eigenvalue weighted by molar-refractivity contribution is 0.0791. The molecule has 3 aromatic rings. The fourth-order valence-electron chi connectivity index (χ4n) is 3.50. The Labute approximate surface area is 151 Å². The Kier molecular flexibility index (Phi) is 4.29. The van der Waals surface area contributed by atoms with E-state index < -0.39 is 0 Å². The topological polar surface area (TPSA) is 45.2 Å². The Bertz CT molecular complexity index is 958. The highest BCUT2D eigenvalue weighted by molar-refractivity contribution is 5.94. The van der Waals surface area contributed by atoms with Gasteiger partial charge in [0.2, 0.25) is 0 Å². The molecule has 1 saturated heterocycles. The van der Waals surface area contributed by atoms with Crippen LogP contribution in [-0.2, 0) is 0 Å². The smallest absolute Gasteiger partial charge is 0.253 e. The predicted octanol–water partition coefficient (Wildman–Crippen LogP) is 4.01. The monoisotopic (exact) mass is 349 g/mol. The molecule has 2 aromatic carbocycles. The van der Waals surface area contributed by atoms with Crippen molar-refractivity contribution in [1.82, 2.24) is 9.88 Å². The van der Waals surface area contributed by atoms with Crippen LogP contribution in [0.4, 0.5) is 10.1 Å². The lowest BCUT2D eigenvalue weighted by Crippen LogP contribution is -2.31. The lowest BCUT2D eigenvalue weighted by atomic mass is 10.1. The second-order valence-corrected chi connectivity index (χ2v) is 6.72. The molecular weight excluding hydrogens is 329 g/mol. The first-order valence-electron chi connectivity index (χ1n) is 8.78. The van der Waals surface area contributed by atoms with Crippen LogP contribution in [0.3, 0.4) is 0 Å². The molecule has 0 saturated carbocycles. The molecule has 4 nitrogen and oxygen atoms in total. The maximum atomic E-state index is 13.7. The Balaban J connectivity index is 1.53. The number of amides is 1. The number of aromatic nitrogens is 1. The molecule has 1 amide bonds. The zero-order valence-corrected chi connectivity index (χ0v) is 14.6. The summed E-state index contributed by atoms with van der Waals surface area (Å²) < 4.78 is 13.7. The minimum absolute atomic E-state index is 0.0525. The average molecular weight is 349 g/mol. The van der Waals surface area contributed by atoms with Gasteiger partial charge in [0.05, 0.1) is 5.52 Å². The first-order chi connectivity index (χ1) is 12.6. The van der Waals surface area contributed by atoms with Gasteiger partial charge in [-0.2, -0.15) is 0 Å². The standard InChI is InChI=1S/C21H20FN3O/c1-14-11-20(18-12-16(22)7-8-19(18)23-14)24-17-9-10-25(13-17)21(26)15-5-3-2-4-6-15/h2-8,11-12,17H,9-10,13H2,1H3,(H,23,24). The number of carbonyl (C=O) groups excluding carboxylic acids is 1. The first kappa shape index (κ1) is 16.5. The van der Waals surface area contributed by atoms with E-state index in [0.29, 0.717) is 18.7 Å². The van der Waals surface area contributed by atoms with Gasteiger partial charge in [-0.05, 0) is 49.7 Å². The number of aryl methyl sites for hydroxylation is 1. The van der Waals surface area contributed by atoms with Gasteiger partial charge in [0.15, 0.2) is 0 Å². The molecular formula is C21H20FN3O. The number of rotatable bonds is 3. The highest BCUT2D eigenvalue weighted by atomic mass is 19.1. The molecule has 0 spiro atoms. The second-order valence-electron chi connectivity index (χ2n) is 6.72. The van der Waals surface area contributed by atoms with Crippen LogP contribution in [0.5, 0.6) is 0 Å². The van der Waals surface area contributed by atoms with Gasteiger partial charge >= 0.3 is 0 Å². The van der Waals surface area contributed by atoms with Crippen molar-refractivity contribution in [3.8, 4) is 0 Å². The average Bonchev–Trinajstić information content (AvgIpc) is 3.11. The van der Waals surface area contributed by atoms with Crippen LogP contribution < -0.4 is 5.32 Å². The van der Waals surface area contributed by atoms with Gasteiger partial charge in [-0.3, -0.25) is 9.78 Å². The Morgan fingerprint density at radius 2 is 2.00 bits per heavy atom. The Hall–Kier alpha value is -2.95. The summed E-state index contributed by atoms with van der Waals surface area (Å²) in [5.41, 5.74) is 3.22. The fourth-order valence-corrected chi connectivity index (χ4v) is 3.50. The van der Waals surface area contributed by atoms with E-state index in [0.717, 1.165) is 28.7 Å². The van der Waals surface area contributed by atoms with Crippen LogP contribution in [0.25, 0.3) is 10.9 Å². The Morgan fingerprint density at radius 1 is 1.19 bits per heavy atom. The van der Waals surface area contributed by atoms with Crippen LogP contribution in [-0.4, -0.2) is 34.9 Å². The van der Waals surface area contributed by atoms with Crippen molar-refractivity contribution in [3.05, 3.63) is 71.7 Å². The number of nitrogens with one attached hydrogen (secondary N) is 1. The van der Waals surface area contributed by atoms with Gasteiger partial charge in [-0.25, -0.2) is 4.39 Å². The molecule has 0 bridgehead atoms. The second kappa shape index (κ2) is 6.75. The van der Waals surface area contributed by atoms with Crippen molar-refractivity contribution < 1.29 is 9.18 Å². The third kappa shape index (κ3) is 3.25. The van der Waals surface area contributed by atoms with Crippen LogP contribution in [0.1, 0.15) is 22.5 Å². The summed E-state index contributed by atoms with van der Waals surface area (Å²) in [5, 5.41) is 4.25. The van der Waals surface area contributed by atoms with Gasteiger partial charge in [0, 0.05) is 41.5 Å². The summed E-state index contributed by atoms with van der Waals surface area (Å²) in [5.74, 6) is -0.227. The van der Waals surface area contributed by atoms with Crippen molar-refractivity contribution in [1.29, 1.82) is 0 Å². The number of benzene rings is 2. The minimum Gasteiger partial charge on any atom is -0.380 e. The highest BCUT2D eigenvalue weighted by Crippen LogP contribution is 2.26. The minimum atomic E-state index is -0.279. The summed E-state index contributed by atoms with van der Waals surface area (Å²) >= 11 is 0. The van der Waals surface area contributed by atoms with E-state index in [4.69, 9.17) is 0 Å². The number of hydrogen-bond acceptors (Lipinski definition) is 3. The highest BCUT2D eigenvalue weighted by Gasteiger charge is 2.27. The molecule has 132 valence electrons. The van der Waals surface area contributed by atoms with Gasteiger partial charge in [-0.1, -0.05) is 18.2 Å². The first-order valence-corrected chi connectivity index (χ1v) is 8.78. The number of likely N-dealkylation sites (tertiary alicyclic amines) is 1. The third-order valence-electron chi connectivity index (χ3n) is 4.75. The van der Waals surface area contributed by atoms with Crippen molar-refractivity contribution >= 4 is 22.5 Å². The predicted molar refractivity (Wildman–Crippen MR) is 101 cm³/mol. The molecule has 1 atom stereocenters. The molecule has 0 radical (unpaired) electrons. The van der Waals surface area contributed by atoms with E-state index in [2.05, 4.69) is 10.3 Å². The van der Waals surface area contributed by atoms with Crippen molar-refractivity contribution in [2.75, 3.05) is 18.4 Å². The Morgan fingerprint density at radius 3 is 2.81 bits per heavy atom. The number of halogens is 1.